The van der Waals surface area contributed by atoms with Crippen LogP contribution in [0, 0.1) is 11.8 Å². The number of hydrogen-bond acceptors (Lipinski definition) is 6. The van der Waals surface area contributed by atoms with E-state index in [2.05, 4.69) is 22.1 Å². The van der Waals surface area contributed by atoms with Gasteiger partial charge in [0.05, 0.1) is 23.4 Å². The first-order valence-electron chi connectivity index (χ1n) is 12.0. The average Bonchev–Trinajstić information content (AvgIpc) is 3.29. The highest BCUT2D eigenvalue weighted by Gasteiger charge is 2.39. The van der Waals surface area contributed by atoms with Crippen molar-refractivity contribution in [1.29, 1.82) is 0 Å². The molecule has 2 aromatic heterocycles. The summed E-state index contributed by atoms with van der Waals surface area (Å²) >= 11 is 0. The maximum absolute atomic E-state index is 13.5. The third-order valence-corrected chi connectivity index (χ3v) is 6.01. The van der Waals surface area contributed by atoms with Crippen molar-refractivity contribution in [3.8, 4) is 17.5 Å². The molecular formula is C24H21F9N6O4. The second-order valence-corrected chi connectivity index (χ2v) is 8.88. The van der Waals surface area contributed by atoms with Crippen LogP contribution in [-0.4, -0.2) is 62.1 Å². The molecule has 0 aliphatic carbocycles. The van der Waals surface area contributed by atoms with Crippen LogP contribution < -0.4 is 21.5 Å². The summed E-state index contributed by atoms with van der Waals surface area (Å²) in [5.74, 6) is 2.96. The maximum Gasteiger partial charge on any atom is 0.490 e. The number of benzene rings is 1. The fourth-order valence-corrected chi connectivity index (χ4v) is 4.00. The van der Waals surface area contributed by atoms with Crippen molar-refractivity contribution in [2.75, 3.05) is 31.1 Å². The number of nitrogens with zero attached hydrogens (tertiary/aromatic N) is 5. The summed E-state index contributed by atoms with van der Waals surface area (Å²) in [6.07, 6.45) is -15.3. The lowest BCUT2D eigenvalue weighted by Crippen LogP contribution is -2.44. The first-order chi connectivity index (χ1) is 19.8. The third kappa shape index (κ3) is 7.13. The molecule has 3 aromatic rings. The van der Waals surface area contributed by atoms with Gasteiger partial charge in [-0.05, 0) is 25.1 Å². The van der Waals surface area contributed by atoms with Crippen LogP contribution in [0.25, 0.3) is 16.9 Å². The molecule has 4 rings (SSSR count). The number of imidazole rings is 1. The van der Waals surface area contributed by atoms with Gasteiger partial charge in [0.1, 0.15) is 0 Å². The predicted octanol–water partition coefficient (Wildman–Crippen LogP) is 2.99. The van der Waals surface area contributed by atoms with E-state index in [1.165, 1.54) is 4.57 Å². The highest BCUT2D eigenvalue weighted by atomic mass is 19.4. The van der Waals surface area contributed by atoms with Crippen LogP contribution in [-0.2, 0) is 30.7 Å². The number of piperazine rings is 1. The molecular weight excluding hydrogens is 607 g/mol. The van der Waals surface area contributed by atoms with Gasteiger partial charge < -0.3 is 15.3 Å². The smallest absolute Gasteiger partial charge is 0.475 e. The van der Waals surface area contributed by atoms with Crippen LogP contribution in [0.4, 0.5) is 45.5 Å². The van der Waals surface area contributed by atoms with Gasteiger partial charge in [0.15, 0.2) is 11.2 Å². The quantitative estimate of drug-likeness (QED) is 0.339. The average molecular weight is 628 g/mol. The van der Waals surface area contributed by atoms with Gasteiger partial charge >= 0.3 is 30.2 Å². The van der Waals surface area contributed by atoms with Crippen molar-refractivity contribution in [3.63, 3.8) is 0 Å². The van der Waals surface area contributed by atoms with Crippen LogP contribution >= 0.6 is 0 Å². The topological polar surface area (TPSA) is 114 Å². The molecule has 1 aromatic carbocycles. The van der Waals surface area contributed by atoms with Crippen molar-refractivity contribution in [3.05, 3.63) is 50.2 Å². The van der Waals surface area contributed by atoms with E-state index >= 15 is 0 Å². The highest BCUT2D eigenvalue weighted by molar-refractivity contribution is 5.77. The van der Waals surface area contributed by atoms with E-state index in [-0.39, 0.29) is 29.7 Å². The number of carboxylic acids is 1. The summed E-state index contributed by atoms with van der Waals surface area (Å²) < 4.78 is 115. The van der Waals surface area contributed by atoms with Crippen molar-refractivity contribution in [2.24, 2.45) is 7.05 Å². The van der Waals surface area contributed by atoms with Crippen LogP contribution in [0.5, 0.6) is 0 Å². The summed E-state index contributed by atoms with van der Waals surface area (Å²) in [6, 6.07) is 0.821. The molecule has 234 valence electrons. The highest BCUT2D eigenvalue weighted by Crippen LogP contribution is 2.37. The SMILES string of the molecule is CC#CCn1c(N2CCNCC2)nc2c1c(=O)n(C)c(=O)n2-c1cc(C(F)(F)F)cc(C(F)(F)F)c1.O=C(O)C(F)(F)F. The molecule has 2 N–H and O–H groups in total. The zero-order valence-corrected chi connectivity index (χ0v) is 22.1. The lowest BCUT2D eigenvalue weighted by molar-refractivity contribution is -0.192. The molecule has 1 aliphatic rings. The number of aliphatic carboxylic acids is 1. The number of aromatic nitrogens is 4. The van der Waals surface area contributed by atoms with Crippen molar-refractivity contribution < 1.29 is 49.4 Å². The Hall–Kier alpha value is -4.47. The minimum atomic E-state index is -5.12. The third-order valence-electron chi connectivity index (χ3n) is 6.01. The molecule has 10 nitrogen and oxygen atoms in total. The molecule has 1 fully saturated rings. The Kier molecular flexibility index (Phi) is 9.24. The number of hydrogen-bond donors (Lipinski definition) is 2. The Morgan fingerprint density at radius 2 is 1.49 bits per heavy atom. The monoisotopic (exact) mass is 628 g/mol. The van der Waals surface area contributed by atoms with Gasteiger partial charge in [0.25, 0.3) is 5.56 Å². The molecule has 0 saturated carbocycles. The Morgan fingerprint density at radius 3 is 1.93 bits per heavy atom. The zero-order chi connectivity index (χ0) is 32.5. The van der Waals surface area contributed by atoms with E-state index < -0.39 is 52.6 Å². The summed E-state index contributed by atoms with van der Waals surface area (Å²) in [7, 11) is 1.09. The first kappa shape index (κ1) is 33.0. The molecule has 0 amide bonds. The Balaban J connectivity index is 0.000000646. The van der Waals surface area contributed by atoms with E-state index in [9.17, 15) is 49.1 Å². The van der Waals surface area contributed by atoms with Crippen LogP contribution in [0.15, 0.2) is 27.8 Å². The molecule has 43 heavy (non-hydrogen) atoms. The van der Waals surface area contributed by atoms with Gasteiger partial charge in [-0.2, -0.15) is 44.5 Å². The molecule has 19 heteroatoms. The van der Waals surface area contributed by atoms with Gasteiger partial charge in [-0.1, -0.05) is 5.92 Å². The molecule has 1 saturated heterocycles. The minimum absolute atomic E-state index is 0.0316. The number of rotatable bonds is 3. The first-order valence-corrected chi connectivity index (χ1v) is 12.0. The van der Waals surface area contributed by atoms with E-state index in [1.807, 2.05) is 0 Å². The number of carbonyl (C=O) groups is 1. The van der Waals surface area contributed by atoms with Gasteiger partial charge in [-0.15, -0.1) is 5.92 Å². The number of fused-ring (bicyclic) bond motifs is 1. The van der Waals surface area contributed by atoms with Crippen molar-refractivity contribution in [1.82, 2.24) is 24.0 Å². The van der Waals surface area contributed by atoms with Crippen LogP contribution in [0.2, 0.25) is 0 Å². The molecule has 0 spiro atoms. The molecule has 0 unspecified atom stereocenters. The van der Waals surface area contributed by atoms with Crippen LogP contribution in [0.3, 0.4) is 0 Å². The normalized spacial score (nSPS) is 14.2. The summed E-state index contributed by atoms with van der Waals surface area (Å²) in [4.78, 5) is 41.3. The lowest BCUT2D eigenvalue weighted by Gasteiger charge is -2.28. The van der Waals surface area contributed by atoms with Crippen LogP contribution in [0.1, 0.15) is 18.1 Å². The number of alkyl halides is 9. The maximum atomic E-state index is 13.5. The fraction of sp³-hybridized carbons (Fsp3) is 0.417. The van der Waals surface area contributed by atoms with Gasteiger partial charge in [0.2, 0.25) is 5.95 Å². The number of carboxylic acid groups (broad SMARTS) is 1. The van der Waals surface area contributed by atoms with Gasteiger partial charge in [0, 0.05) is 33.2 Å². The Labute approximate surface area is 234 Å². The predicted molar refractivity (Wildman–Crippen MR) is 133 cm³/mol. The number of halogens is 9. The molecule has 0 bridgehead atoms. The molecule has 1 aliphatic heterocycles. The zero-order valence-electron chi connectivity index (χ0n) is 22.1. The Morgan fingerprint density at radius 1 is 0.977 bits per heavy atom. The minimum Gasteiger partial charge on any atom is -0.475 e. The van der Waals surface area contributed by atoms with Gasteiger partial charge in [-0.3, -0.25) is 13.9 Å². The fourth-order valence-electron chi connectivity index (χ4n) is 4.00. The van der Waals surface area contributed by atoms with Gasteiger partial charge in [-0.25, -0.2) is 14.2 Å². The largest absolute Gasteiger partial charge is 0.490 e. The summed E-state index contributed by atoms with van der Waals surface area (Å²) in [5.41, 5.74) is -6.39. The molecule has 0 radical (unpaired) electrons. The van der Waals surface area contributed by atoms with Crippen molar-refractivity contribution >= 4 is 23.1 Å². The summed E-state index contributed by atoms with van der Waals surface area (Å²) in [6.45, 7) is 3.63. The number of nitrogens with one attached hydrogen (secondary N) is 1. The van der Waals surface area contributed by atoms with E-state index in [0.29, 0.717) is 47.4 Å². The van der Waals surface area contributed by atoms with E-state index in [1.54, 1.807) is 11.8 Å². The second-order valence-electron chi connectivity index (χ2n) is 8.88. The molecule has 0 atom stereocenters. The standard InChI is InChI=1S/C22H20F6N6O2.C2HF3O2/c1-3-4-7-33-16-17(30-19(33)32-8-5-29-6-9-32)34(20(36)31(2)18(16)35)15-11-13(21(23,24)25)10-14(12-15)22(26,27)28;3-2(4,5)1(6)7/h10-12,29H,5-9H2,1-2H3;(H,6,7). The molecule has 3 heterocycles. The summed E-state index contributed by atoms with van der Waals surface area (Å²) in [5, 5.41) is 10.3. The van der Waals surface area contributed by atoms with E-state index in [4.69, 9.17) is 9.90 Å². The number of anilines is 1. The second kappa shape index (κ2) is 12.0. The Bertz CT molecular complexity index is 1670. The van der Waals surface area contributed by atoms with Crippen molar-refractivity contribution in [2.45, 2.75) is 32.0 Å². The lowest BCUT2D eigenvalue weighted by atomic mass is 10.1. The van der Waals surface area contributed by atoms with E-state index in [0.717, 1.165) is 7.05 Å².